The van der Waals surface area contributed by atoms with Gasteiger partial charge in [0.15, 0.2) is 0 Å². The molecule has 1 atom stereocenters. The van der Waals surface area contributed by atoms with E-state index in [0.717, 1.165) is 17.6 Å². The normalized spacial score (nSPS) is 13.0. The number of thiophene rings is 1. The number of hydrogen-bond donors (Lipinski definition) is 0. The SMILES string of the molecule is C#C\C=C/C(C(=C)C)=c1/c(=C\C)c2cccc(C(C)CC)c2c2c(C)c(-c3ccc4c(c3)c3ccccc3n4-c3ccccc3)ccc12.Cc1ccc2sc3ccccc3c2c1. The molecule has 2 heterocycles. The molecule has 0 fully saturated rings. The number of nitrogens with zero attached hydrogens (tertiary/aromatic N) is 1. The van der Waals surface area contributed by atoms with Crippen LogP contribution in [0.4, 0.5) is 0 Å². The van der Waals surface area contributed by atoms with Gasteiger partial charge in [0.2, 0.25) is 0 Å². The third-order valence-corrected chi connectivity index (χ3v) is 13.8. The first-order valence-electron chi connectivity index (χ1n) is 21.7. The summed E-state index contributed by atoms with van der Waals surface area (Å²) in [6, 6.07) is 53.1. The lowest BCUT2D eigenvalue weighted by Gasteiger charge is -2.20. The summed E-state index contributed by atoms with van der Waals surface area (Å²) in [5.41, 5.74) is 12.1. The van der Waals surface area contributed by atoms with E-state index in [9.17, 15) is 0 Å². The van der Waals surface area contributed by atoms with Gasteiger partial charge in [-0.1, -0.05) is 141 Å². The summed E-state index contributed by atoms with van der Waals surface area (Å²) in [5, 5.41) is 12.9. The minimum atomic E-state index is 0.418. The maximum Gasteiger partial charge on any atom is 0.0541 e. The zero-order chi connectivity index (χ0) is 43.1. The fourth-order valence-electron chi connectivity index (χ4n) is 9.53. The van der Waals surface area contributed by atoms with Gasteiger partial charge in [-0.15, -0.1) is 17.8 Å². The Balaban J connectivity index is 0.000000293. The molecule has 2 aromatic heterocycles. The average Bonchev–Trinajstić information content (AvgIpc) is 3.84. The van der Waals surface area contributed by atoms with Gasteiger partial charge in [0.25, 0.3) is 0 Å². The molecule has 0 saturated heterocycles. The lowest BCUT2D eigenvalue weighted by Crippen LogP contribution is -2.29. The van der Waals surface area contributed by atoms with Crippen LogP contribution in [0.2, 0.25) is 0 Å². The highest BCUT2D eigenvalue weighted by molar-refractivity contribution is 7.25. The van der Waals surface area contributed by atoms with Crippen molar-refractivity contribution in [2.24, 2.45) is 0 Å². The smallest absolute Gasteiger partial charge is 0.0541 e. The lowest BCUT2D eigenvalue weighted by atomic mass is 9.83. The fraction of sp³-hybridized carbons (Fsp3) is 0.133. The van der Waals surface area contributed by atoms with E-state index in [1.165, 1.54) is 107 Å². The van der Waals surface area contributed by atoms with Crippen LogP contribution in [0.5, 0.6) is 0 Å². The molecule has 0 radical (unpaired) electrons. The number of benzene rings is 8. The molecule has 10 rings (SSSR count). The predicted octanol–water partition coefficient (Wildman–Crippen LogP) is 15.7. The highest BCUT2D eigenvalue weighted by Crippen LogP contribution is 2.40. The summed E-state index contributed by atoms with van der Waals surface area (Å²) in [5.74, 6) is 3.12. The molecular weight excluding hydrogens is 767 g/mol. The third kappa shape index (κ3) is 6.94. The summed E-state index contributed by atoms with van der Waals surface area (Å²) in [6.07, 6.45) is 12.9. The van der Waals surface area contributed by atoms with Crippen LogP contribution in [-0.2, 0) is 0 Å². The van der Waals surface area contributed by atoms with E-state index in [4.69, 9.17) is 6.42 Å². The predicted molar refractivity (Wildman–Crippen MR) is 274 cm³/mol. The minimum absolute atomic E-state index is 0.418. The van der Waals surface area contributed by atoms with Crippen molar-refractivity contribution in [3.8, 4) is 29.2 Å². The third-order valence-electron chi connectivity index (χ3n) is 12.7. The Morgan fingerprint density at radius 2 is 1.42 bits per heavy atom. The molecule has 62 heavy (non-hydrogen) atoms. The monoisotopic (exact) mass is 817 g/mol. The number of aromatic nitrogens is 1. The Hall–Kier alpha value is -6.92. The molecule has 2 heteroatoms. The molecule has 0 aliphatic rings. The number of para-hydroxylation sites is 2. The number of terminal acetylenes is 1. The molecule has 8 aromatic carbocycles. The minimum Gasteiger partial charge on any atom is -0.309 e. The van der Waals surface area contributed by atoms with E-state index < -0.39 is 0 Å². The standard InChI is InChI=1S/C47H41N.C13H10S/c1-8-11-20-36(30(4)5)46-35(10-3)40-23-17-22-37(31(6)9-2)47(40)45-32(7)38(26-27-41(45)46)33-25-28-44-42(29-33)39-21-15-16-24-43(39)48(44)34-18-13-12-14-19-34;1-9-6-7-13-11(8-9)10-4-2-3-5-12(10)14-13/h1,10-29,31H,4,9H2,2-3,5-7H3;2-8H,1H3/b20-11-,35-10-,46-36+;. The van der Waals surface area contributed by atoms with Crippen LogP contribution in [-0.4, -0.2) is 4.57 Å². The summed E-state index contributed by atoms with van der Waals surface area (Å²) in [4.78, 5) is 0. The van der Waals surface area contributed by atoms with E-state index in [2.05, 4.69) is 210 Å². The van der Waals surface area contributed by atoms with Gasteiger partial charge in [-0.3, -0.25) is 0 Å². The summed E-state index contributed by atoms with van der Waals surface area (Å²) >= 11 is 1.87. The first kappa shape index (κ1) is 40.5. The average molecular weight is 818 g/mol. The summed E-state index contributed by atoms with van der Waals surface area (Å²) in [6.45, 7) is 17.7. The highest BCUT2D eigenvalue weighted by Gasteiger charge is 2.19. The van der Waals surface area contributed by atoms with Crippen molar-refractivity contribution < 1.29 is 0 Å². The zero-order valence-corrected chi connectivity index (χ0v) is 37.3. The number of fused-ring (bicyclic) bond motifs is 9. The molecule has 0 aliphatic carbocycles. The van der Waals surface area contributed by atoms with Crippen LogP contribution >= 0.6 is 11.3 Å². The van der Waals surface area contributed by atoms with Gasteiger partial charge in [-0.25, -0.2) is 0 Å². The van der Waals surface area contributed by atoms with E-state index in [0.29, 0.717) is 5.92 Å². The molecule has 0 spiro atoms. The second kappa shape index (κ2) is 16.9. The quantitative estimate of drug-likeness (QED) is 0.116. The van der Waals surface area contributed by atoms with Gasteiger partial charge in [0.1, 0.15) is 0 Å². The van der Waals surface area contributed by atoms with Crippen molar-refractivity contribution in [3.05, 3.63) is 197 Å². The van der Waals surface area contributed by atoms with Crippen molar-refractivity contribution in [1.29, 1.82) is 0 Å². The van der Waals surface area contributed by atoms with E-state index >= 15 is 0 Å². The largest absolute Gasteiger partial charge is 0.309 e. The molecule has 1 unspecified atom stereocenters. The van der Waals surface area contributed by atoms with Crippen molar-refractivity contribution in [3.63, 3.8) is 0 Å². The van der Waals surface area contributed by atoms with Crippen molar-refractivity contribution >= 4 is 86.5 Å². The first-order chi connectivity index (χ1) is 30.2. The topological polar surface area (TPSA) is 4.93 Å². The van der Waals surface area contributed by atoms with Crippen molar-refractivity contribution in [2.75, 3.05) is 0 Å². The van der Waals surface area contributed by atoms with Crippen molar-refractivity contribution in [2.45, 2.75) is 53.9 Å². The van der Waals surface area contributed by atoms with Crippen LogP contribution in [0.25, 0.3) is 92.0 Å². The molecule has 0 bridgehead atoms. The van der Waals surface area contributed by atoms with Crippen LogP contribution in [0.1, 0.15) is 56.7 Å². The number of aryl methyl sites for hydroxylation is 2. The fourth-order valence-corrected chi connectivity index (χ4v) is 10.6. The van der Waals surface area contributed by atoms with Crippen LogP contribution < -0.4 is 10.4 Å². The van der Waals surface area contributed by atoms with Crippen LogP contribution in [0.15, 0.2) is 170 Å². The molecule has 0 N–H and O–H groups in total. The molecule has 10 aromatic rings. The second-order valence-corrected chi connectivity index (χ2v) is 17.6. The Morgan fingerprint density at radius 3 is 2.18 bits per heavy atom. The Labute approximate surface area is 369 Å². The van der Waals surface area contributed by atoms with Gasteiger partial charge in [0.05, 0.1) is 11.0 Å². The number of hydrogen-bond acceptors (Lipinski definition) is 1. The summed E-state index contributed by atoms with van der Waals surface area (Å²) in [7, 11) is 0. The zero-order valence-electron chi connectivity index (χ0n) is 36.5. The van der Waals surface area contributed by atoms with Gasteiger partial charge in [-0.05, 0) is 161 Å². The van der Waals surface area contributed by atoms with Crippen molar-refractivity contribution in [1.82, 2.24) is 4.57 Å². The molecular formula is C60H51NS. The van der Waals surface area contributed by atoms with E-state index in [1.54, 1.807) is 6.08 Å². The Morgan fingerprint density at radius 1 is 0.710 bits per heavy atom. The highest BCUT2D eigenvalue weighted by atomic mass is 32.1. The Bertz CT molecular complexity index is 3580. The molecule has 0 aliphatic heterocycles. The number of rotatable bonds is 6. The molecule has 302 valence electrons. The molecule has 0 saturated carbocycles. The number of allylic oxidation sites excluding steroid dienone is 3. The van der Waals surface area contributed by atoms with Gasteiger partial charge in [0, 0.05) is 36.6 Å². The maximum absolute atomic E-state index is 5.73. The molecule has 0 amide bonds. The van der Waals surface area contributed by atoms with E-state index in [1.807, 2.05) is 17.4 Å². The summed E-state index contributed by atoms with van der Waals surface area (Å²) < 4.78 is 5.14. The van der Waals surface area contributed by atoms with Gasteiger partial charge in [-0.2, -0.15) is 0 Å². The van der Waals surface area contributed by atoms with Crippen LogP contribution in [0, 0.1) is 26.2 Å². The van der Waals surface area contributed by atoms with Gasteiger partial charge < -0.3 is 4.57 Å². The lowest BCUT2D eigenvalue weighted by molar-refractivity contribution is 0.740. The Kier molecular flexibility index (Phi) is 11.0. The maximum atomic E-state index is 5.73. The second-order valence-electron chi connectivity index (χ2n) is 16.5. The molecule has 1 nitrogen and oxygen atoms in total. The van der Waals surface area contributed by atoms with Crippen LogP contribution in [0.3, 0.4) is 0 Å². The van der Waals surface area contributed by atoms with E-state index in [-0.39, 0.29) is 0 Å². The first-order valence-corrected chi connectivity index (χ1v) is 22.5. The van der Waals surface area contributed by atoms with Gasteiger partial charge >= 0.3 is 0 Å².